The summed E-state index contributed by atoms with van der Waals surface area (Å²) in [5.74, 6) is 1.64. The summed E-state index contributed by atoms with van der Waals surface area (Å²) in [7, 11) is 1.88. The van der Waals surface area contributed by atoms with E-state index in [0.29, 0.717) is 17.6 Å². The summed E-state index contributed by atoms with van der Waals surface area (Å²) in [6, 6.07) is 15.7. The van der Waals surface area contributed by atoms with Gasteiger partial charge in [-0.15, -0.1) is 0 Å². The predicted molar refractivity (Wildman–Crippen MR) is 124 cm³/mol. The van der Waals surface area contributed by atoms with Crippen molar-refractivity contribution in [3.05, 3.63) is 76.5 Å². The summed E-state index contributed by atoms with van der Waals surface area (Å²) in [4.78, 5) is 10.3. The van der Waals surface area contributed by atoms with Gasteiger partial charge in [-0.05, 0) is 61.2 Å². The number of rotatable bonds is 6. The molecule has 4 rings (SSSR count). The predicted octanol–water partition coefficient (Wildman–Crippen LogP) is 6.17. The highest BCUT2D eigenvalue weighted by atomic mass is 79.9. The average molecular weight is 482 g/mol. The van der Waals surface area contributed by atoms with Crippen LogP contribution in [0.15, 0.2) is 70.3 Å². The van der Waals surface area contributed by atoms with E-state index in [4.69, 9.17) is 9.72 Å². The molecule has 8 heteroatoms. The van der Waals surface area contributed by atoms with Gasteiger partial charge in [0.25, 0.3) is 0 Å². The smallest absolute Gasteiger partial charge is 0.237 e. The standard InChI is InChI=1S/C22H20BrN5OS/c1-14-5-4-6-15(2)21(14)19-11-20(29-17-9-7-16(23)8-10-17)26-22(25-19)27-30-18-12-24-28(3)13-18/h4-13H,1-3H3,(H,25,26,27). The zero-order valence-electron chi connectivity index (χ0n) is 16.8. The van der Waals surface area contributed by atoms with Crippen molar-refractivity contribution in [2.75, 3.05) is 4.72 Å². The molecule has 0 radical (unpaired) electrons. The van der Waals surface area contributed by atoms with Gasteiger partial charge in [-0.3, -0.25) is 9.40 Å². The third kappa shape index (κ3) is 4.83. The molecule has 0 aliphatic carbocycles. The normalized spacial score (nSPS) is 10.8. The van der Waals surface area contributed by atoms with Crippen LogP contribution >= 0.6 is 27.9 Å². The van der Waals surface area contributed by atoms with Gasteiger partial charge in [-0.25, -0.2) is 4.98 Å². The van der Waals surface area contributed by atoms with E-state index in [0.717, 1.165) is 31.8 Å². The van der Waals surface area contributed by atoms with Crippen LogP contribution < -0.4 is 9.46 Å². The Labute approximate surface area is 188 Å². The number of hydrogen-bond acceptors (Lipinski definition) is 6. The molecule has 2 aromatic heterocycles. The van der Waals surface area contributed by atoms with E-state index in [1.54, 1.807) is 10.9 Å². The molecule has 30 heavy (non-hydrogen) atoms. The zero-order chi connectivity index (χ0) is 21.1. The number of ether oxygens (including phenoxy) is 1. The third-order valence-corrected chi connectivity index (χ3v) is 5.68. The molecular weight excluding hydrogens is 462 g/mol. The van der Waals surface area contributed by atoms with Crippen molar-refractivity contribution in [1.29, 1.82) is 0 Å². The summed E-state index contributed by atoms with van der Waals surface area (Å²) in [5, 5.41) is 4.18. The van der Waals surface area contributed by atoms with Gasteiger partial charge in [0.05, 0.1) is 16.8 Å². The Balaban J connectivity index is 1.70. The summed E-state index contributed by atoms with van der Waals surface area (Å²) in [6.07, 6.45) is 3.71. The summed E-state index contributed by atoms with van der Waals surface area (Å²) in [5.41, 5.74) is 4.18. The first-order valence-electron chi connectivity index (χ1n) is 9.28. The van der Waals surface area contributed by atoms with Gasteiger partial charge in [0.1, 0.15) is 5.75 Å². The van der Waals surface area contributed by atoms with E-state index >= 15 is 0 Å². The summed E-state index contributed by atoms with van der Waals surface area (Å²) < 4.78 is 12.0. The average Bonchev–Trinajstić information content (AvgIpc) is 3.13. The molecule has 0 aliphatic rings. The molecule has 0 aliphatic heterocycles. The quantitative estimate of drug-likeness (QED) is 0.332. The number of halogens is 1. The van der Waals surface area contributed by atoms with Crippen molar-refractivity contribution in [2.45, 2.75) is 18.7 Å². The molecule has 0 atom stereocenters. The molecule has 2 heterocycles. The van der Waals surface area contributed by atoms with Crippen molar-refractivity contribution in [1.82, 2.24) is 19.7 Å². The molecule has 0 bridgehead atoms. The van der Waals surface area contributed by atoms with Crippen LogP contribution in [0, 0.1) is 13.8 Å². The van der Waals surface area contributed by atoms with Crippen molar-refractivity contribution in [3.8, 4) is 22.9 Å². The van der Waals surface area contributed by atoms with Crippen LogP contribution in [0.5, 0.6) is 11.6 Å². The number of nitrogens with zero attached hydrogens (tertiary/aromatic N) is 4. The molecule has 1 N–H and O–H groups in total. The van der Waals surface area contributed by atoms with Crippen LogP contribution in [0.2, 0.25) is 0 Å². The number of nitrogens with one attached hydrogen (secondary N) is 1. The SMILES string of the molecule is Cc1cccc(C)c1-c1cc(Oc2ccc(Br)cc2)nc(NSc2cnn(C)c2)n1. The zero-order valence-corrected chi connectivity index (χ0v) is 19.2. The Hall–Kier alpha value is -2.84. The van der Waals surface area contributed by atoms with E-state index in [1.165, 1.54) is 11.9 Å². The molecule has 0 unspecified atom stereocenters. The second-order valence-corrected chi connectivity index (χ2v) is 8.59. The lowest BCUT2D eigenvalue weighted by molar-refractivity contribution is 0.463. The minimum atomic E-state index is 0.469. The molecule has 0 fully saturated rings. The van der Waals surface area contributed by atoms with Crippen LogP contribution in [0.1, 0.15) is 11.1 Å². The van der Waals surface area contributed by atoms with Crippen molar-refractivity contribution >= 4 is 33.8 Å². The van der Waals surface area contributed by atoms with Crippen LogP contribution in [-0.4, -0.2) is 19.7 Å². The van der Waals surface area contributed by atoms with Gasteiger partial charge in [0.2, 0.25) is 11.8 Å². The van der Waals surface area contributed by atoms with Crippen LogP contribution in [0.4, 0.5) is 5.95 Å². The summed E-state index contributed by atoms with van der Waals surface area (Å²) in [6.45, 7) is 4.16. The Morgan fingerprint density at radius 1 is 1.03 bits per heavy atom. The Morgan fingerprint density at radius 2 is 1.77 bits per heavy atom. The minimum absolute atomic E-state index is 0.469. The largest absolute Gasteiger partial charge is 0.439 e. The fourth-order valence-corrected chi connectivity index (χ4v) is 3.92. The number of benzene rings is 2. The first kappa shape index (κ1) is 20.4. The maximum atomic E-state index is 6.03. The molecule has 152 valence electrons. The topological polar surface area (TPSA) is 64.9 Å². The van der Waals surface area contributed by atoms with E-state index in [-0.39, 0.29) is 0 Å². The molecule has 0 amide bonds. The van der Waals surface area contributed by atoms with Crippen LogP contribution in [0.3, 0.4) is 0 Å². The van der Waals surface area contributed by atoms with Gasteiger partial charge >= 0.3 is 0 Å². The molecule has 0 saturated heterocycles. The monoisotopic (exact) mass is 481 g/mol. The number of anilines is 1. The highest BCUT2D eigenvalue weighted by Crippen LogP contribution is 2.31. The highest BCUT2D eigenvalue weighted by Gasteiger charge is 2.13. The second-order valence-electron chi connectivity index (χ2n) is 6.79. The van der Waals surface area contributed by atoms with Gasteiger partial charge < -0.3 is 4.74 Å². The third-order valence-electron chi connectivity index (χ3n) is 4.42. The Morgan fingerprint density at radius 3 is 2.43 bits per heavy atom. The van der Waals surface area contributed by atoms with Gasteiger partial charge in [0.15, 0.2) is 0 Å². The number of aromatic nitrogens is 4. The maximum Gasteiger partial charge on any atom is 0.237 e. The van der Waals surface area contributed by atoms with Gasteiger partial charge in [0, 0.05) is 29.3 Å². The second kappa shape index (κ2) is 8.89. The molecule has 6 nitrogen and oxygen atoms in total. The van der Waals surface area contributed by atoms with E-state index in [2.05, 4.69) is 56.7 Å². The van der Waals surface area contributed by atoms with E-state index in [9.17, 15) is 0 Å². The van der Waals surface area contributed by atoms with Gasteiger partial charge in [-0.2, -0.15) is 10.1 Å². The summed E-state index contributed by atoms with van der Waals surface area (Å²) >= 11 is 4.85. The fourth-order valence-electron chi connectivity index (χ4n) is 3.05. The molecule has 2 aromatic carbocycles. The van der Waals surface area contributed by atoms with E-state index in [1.807, 2.05) is 49.6 Å². The van der Waals surface area contributed by atoms with Crippen molar-refractivity contribution in [2.24, 2.45) is 7.05 Å². The van der Waals surface area contributed by atoms with Crippen LogP contribution in [-0.2, 0) is 7.05 Å². The fraction of sp³-hybridized carbons (Fsp3) is 0.136. The van der Waals surface area contributed by atoms with E-state index < -0.39 is 0 Å². The number of aryl methyl sites for hydroxylation is 3. The molecular formula is C22H20BrN5OS. The molecule has 0 spiro atoms. The lowest BCUT2D eigenvalue weighted by Gasteiger charge is -2.13. The maximum absolute atomic E-state index is 6.03. The number of hydrogen-bond donors (Lipinski definition) is 1. The van der Waals surface area contributed by atoms with Crippen LogP contribution in [0.25, 0.3) is 11.3 Å². The first-order valence-corrected chi connectivity index (χ1v) is 10.9. The first-order chi connectivity index (χ1) is 14.5. The lowest BCUT2D eigenvalue weighted by atomic mass is 10.00. The molecule has 4 aromatic rings. The molecule has 0 saturated carbocycles. The Kier molecular flexibility index (Phi) is 6.06. The minimum Gasteiger partial charge on any atom is -0.439 e. The highest BCUT2D eigenvalue weighted by molar-refractivity contribution is 9.10. The lowest BCUT2D eigenvalue weighted by Crippen LogP contribution is -2.00. The van der Waals surface area contributed by atoms with Gasteiger partial charge in [-0.1, -0.05) is 34.1 Å². The van der Waals surface area contributed by atoms with Crippen molar-refractivity contribution in [3.63, 3.8) is 0 Å². The Bertz CT molecular complexity index is 1160. The van der Waals surface area contributed by atoms with Crippen molar-refractivity contribution < 1.29 is 4.74 Å².